The molecule has 190 valence electrons. The molecule has 0 aromatic heterocycles. The van der Waals surface area contributed by atoms with Crippen LogP contribution in [0, 0.1) is 12.3 Å². The molecule has 0 bridgehead atoms. The van der Waals surface area contributed by atoms with E-state index in [2.05, 4.69) is 15.9 Å². The summed E-state index contributed by atoms with van der Waals surface area (Å²) in [5.74, 6) is 0.753. The number of amides is 1. The van der Waals surface area contributed by atoms with Crippen molar-refractivity contribution in [2.45, 2.75) is 31.1 Å². The molecule has 2 aliphatic rings. The molecule has 2 fully saturated rings. The van der Waals surface area contributed by atoms with Gasteiger partial charge in [0, 0.05) is 47.5 Å². The molecule has 1 amide bonds. The molecule has 2 aromatic rings. The molecule has 4 rings (SSSR count). The van der Waals surface area contributed by atoms with Gasteiger partial charge in [-0.15, -0.1) is 0 Å². The Balaban J connectivity index is 1.49. The highest BCUT2D eigenvalue weighted by Crippen LogP contribution is 2.38. The Morgan fingerprint density at radius 1 is 1.09 bits per heavy atom. The lowest BCUT2D eigenvalue weighted by molar-refractivity contribution is -0.139. The van der Waals surface area contributed by atoms with Crippen LogP contribution in [0.2, 0.25) is 5.02 Å². The fourth-order valence-electron chi connectivity index (χ4n) is 4.52. The van der Waals surface area contributed by atoms with Gasteiger partial charge in [-0.05, 0) is 67.8 Å². The molecular weight excluding hydrogens is 556 g/mol. The number of halogens is 2. The van der Waals surface area contributed by atoms with Gasteiger partial charge in [0.15, 0.2) is 0 Å². The Kier molecular flexibility index (Phi) is 8.43. The topological polar surface area (TPSA) is 76.2 Å². The van der Waals surface area contributed by atoms with E-state index >= 15 is 0 Å². The molecule has 0 unspecified atom stereocenters. The minimum Gasteiger partial charge on any atom is -0.493 e. The summed E-state index contributed by atoms with van der Waals surface area (Å²) in [7, 11) is -3.61. The van der Waals surface area contributed by atoms with E-state index in [9.17, 15) is 13.2 Å². The Morgan fingerprint density at radius 2 is 1.74 bits per heavy atom. The van der Waals surface area contributed by atoms with Gasteiger partial charge in [-0.25, -0.2) is 8.42 Å². The van der Waals surface area contributed by atoms with Crippen LogP contribution in [0.1, 0.15) is 24.8 Å². The van der Waals surface area contributed by atoms with Gasteiger partial charge in [0.05, 0.1) is 24.7 Å². The van der Waals surface area contributed by atoms with Crippen LogP contribution in [-0.2, 0) is 19.6 Å². The van der Waals surface area contributed by atoms with Crippen LogP contribution in [0.15, 0.2) is 51.8 Å². The first kappa shape index (κ1) is 26.4. The minimum absolute atomic E-state index is 0.0633. The number of nitrogens with zero attached hydrogens (tertiary/aromatic N) is 2. The quantitative estimate of drug-likeness (QED) is 0.478. The maximum absolute atomic E-state index is 13.2. The Bertz CT molecular complexity index is 1140. The summed E-state index contributed by atoms with van der Waals surface area (Å²) in [6.45, 7) is 5.15. The first-order chi connectivity index (χ1) is 16.7. The van der Waals surface area contributed by atoms with Crippen molar-refractivity contribution in [2.75, 3.05) is 46.0 Å². The molecule has 0 aliphatic carbocycles. The summed E-state index contributed by atoms with van der Waals surface area (Å²) >= 11 is 9.50. The van der Waals surface area contributed by atoms with Gasteiger partial charge in [0.2, 0.25) is 15.9 Å². The number of morpholine rings is 1. The largest absolute Gasteiger partial charge is 0.493 e. The molecule has 10 heteroatoms. The molecule has 0 saturated carbocycles. The van der Waals surface area contributed by atoms with Gasteiger partial charge in [-0.2, -0.15) is 4.31 Å². The van der Waals surface area contributed by atoms with Crippen molar-refractivity contribution in [1.29, 1.82) is 0 Å². The van der Waals surface area contributed by atoms with Crippen LogP contribution < -0.4 is 4.74 Å². The zero-order valence-corrected chi connectivity index (χ0v) is 22.9. The molecular formula is C25H30BrClN2O5S. The van der Waals surface area contributed by atoms with Crippen LogP contribution in [0.4, 0.5) is 0 Å². The third kappa shape index (κ3) is 6.38. The Labute approximate surface area is 220 Å². The number of ether oxygens (including phenoxy) is 2. The van der Waals surface area contributed by atoms with E-state index < -0.39 is 15.4 Å². The lowest BCUT2D eigenvalue weighted by Crippen LogP contribution is -2.49. The number of hydrogen-bond donors (Lipinski definition) is 0. The maximum Gasteiger partial charge on any atom is 0.243 e. The van der Waals surface area contributed by atoms with Gasteiger partial charge in [-0.1, -0.05) is 27.5 Å². The second-order valence-electron chi connectivity index (χ2n) is 9.23. The van der Waals surface area contributed by atoms with Gasteiger partial charge in [0.25, 0.3) is 0 Å². The number of rotatable bonds is 7. The van der Waals surface area contributed by atoms with Crippen LogP contribution in [0.3, 0.4) is 0 Å². The average molecular weight is 586 g/mol. The number of carbonyl (C=O) groups is 1. The van der Waals surface area contributed by atoms with Crippen molar-refractivity contribution in [1.82, 2.24) is 9.21 Å². The third-order valence-corrected chi connectivity index (χ3v) is 9.66. The molecule has 2 saturated heterocycles. The van der Waals surface area contributed by atoms with Crippen molar-refractivity contribution < 1.29 is 22.7 Å². The van der Waals surface area contributed by atoms with Crippen LogP contribution in [0.25, 0.3) is 0 Å². The Hall–Kier alpha value is -1.65. The van der Waals surface area contributed by atoms with Gasteiger partial charge >= 0.3 is 0 Å². The lowest BCUT2D eigenvalue weighted by Gasteiger charge is -2.41. The monoisotopic (exact) mass is 584 g/mol. The minimum atomic E-state index is -3.61. The molecule has 0 radical (unpaired) electrons. The second-order valence-corrected chi connectivity index (χ2v) is 12.5. The number of carbonyl (C=O) groups excluding carboxylic acids is 1. The van der Waals surface area contributed by atoms with Gasteiger partial charge in [0.1, 0.15) is 5.75 Å². The highest BCUT2D eigenvalue weighted by molar-refractivity contribution is 9.10. The molecule has 0 spiro atoms. The first-order valence-electron chi connectivity index (χ1n) is 11.7. The number of benzene rings is 2. The fraction of sp³-hybridized carbons (Fsp3) is 0.480. The number of piperidine rings is 1. The van der Waals surface area contributed by atoms with Gasteiger partial charge in [-0.3, -0.25) is 4.79 Å². The van der Waals surface area contributed by atoms with Crippen LogP contribution in [-0.4, -0.2) is 69.5 Å². The van der Waals surface area contributed by atoms with E-state index in [0.29, 0.717) is 76.0 Å². The average Bonchev–Trinajstić information content (AvgIpc) is 2.86. The van der Waals surface area contributed by atoms with E-state index in [-0.39, 0.29) is 10.8 Å². The zero-order valence-electron chi connectivity index (χ0n) is 19.7. The molecule has 0 N–H and O–H groups in total. The summed E-state index contributed by atoms with van der Waals surface area (Å²) in [5.41, 5.74) is 0.451. The fourth-order valence-corrected chi connectivity index (χ4v) is 6.34. The van der Waals surface area contributed by atoms with Crippen LogP contribution in [0.5, 0.6) is 5.75 Å². The molecule has 7 nitrogen and oxygen atoms in total. The molecule has 2 aliphatic heterocycles. The molecule has 0 atom stereocenters. The molecule has 2 aromatic carbocycles. The van der Waals surface area contributed by atoms with Gasteiger partial charge < -0.3 is 14.4 Å². The normalized spacial score (nSPS) is 18.9. The summed E-state index contributed by atoms with van der Waals surface area (Å²) < 4.78 is 40.3. The van der Waals surface area contributed by atoms with E-state index in [1.54, 1.807) is 30.3 Å². The van der Waals surface area contributed by atoms with E-state index in [4.69, 9.17) is 21.1 Å². The maximum atomic E-state index is 13.2. The predicted octanol–water partition coefficient (Wildman–Crippen LogP) is 4.51. The summed E-state index contributed by atoms with van der Waals surface area (Å²) in [6, 6.07) is 12.2. The van der Waals surface area contributed by atoms with Crippen molar-refractivity contribution in [3.05, 3.63) is 57.5 Å². The van der Waals surface area contributed by atoms with Crippen LogP contribution >= 0.6 is 27.5 Å². The SMILES string of the molecule is Cc1cc(OCC2(CC(=O)N3CCOCC3)CCN(S(=O)(=O)c3ccc(Br)cc3)CC2)ccc1Cl. The summed E-state index contributed by atoms with van der Waals surface area (Å²) in [6.07, 6.45) is 1.38. The smallest absolute Gasteiger partial charge is 0.243 e. The highest BCUT2D eigenvalue weighted by atomic mass is 79.9. The highest BCUT2D eigenvalue weighted by Gasteiger charge is 2.41. The van der Waals surface area contributed by atoms with Crippen molar-refractivity contribution >= 4 is 43.5 Å². The zero-order chi connectivity index (χ0) is 25.1. The van der Waals surface area contributed by atoms with Crippen molar-refractivity contribution in [3.63, 3.8) is 0 Å². The third-order valence-electron chi connectivity index (χ3n) is 6.80. The van der Waals surface area contributed by atoms with Crippen molar-refractivity contribution in [3.8, 4) is 5.75 Å². The molecule has 2 heterocycles. The van der Waals surface area contributed by atoms with Crippen molar-refractivity contribution in [2.24, 2.45) is 5.41 Å². The molecule has 35 heavy (non-hydrogen) atoms. The number of sulfonamides is 1. The summed E-state index contributed by atoms with van der Waals surface area (Å²) in [5, 5.41) is 0.668. The number of aryl methyl sites for hydroxylation is 1. The van der Waals surface area contributed by atoms with E-state index in [1.807, 2.05) is 24.0 Å². The second kappa shape index (κ2) is 11.2. The van der Waals surface area contributed by atoms with E-state index in [0.717, 1.165) is 10.0 Å². The standard InChI is InChI=1S/C25H30BrClN2O5S/c1-19-16-21(4-7-23(19)27)34-18-25(17-24(30)28-12-14-33-15-13-28)8-10-29(11-9-25)35(31,32)22-5-2-20(26)3-6-22/h2-7,16H,8-15,17-18H2,1H3. The predicted molar refractivity (Wildman–Crippen MR) is 138 cm³/mol. The van der Waals surface area contributed by atoms with E-state index in [1.165, 1.54) is 4.31 Å². The Morgan fingerprint density at radius 3 is 2.37 bits per heavy atom. The number of hydrogen-bond acceptors (Lipinski definition) is 5. The lowest BCUT2D eigenvalue weighted by atomic mass is 9.76. The first-order valence-corrected chi connectivity index (χ1v) is 14.3. The summed E-state index contributed by atoms with van der Waals surface area (Å²) in [4.78, 5) is 15.3.